The maximum Gasteiger partial charge on any atom is 0.326 e. The molecule has 132 valence electrons. The Morgan fingerprint density at radius 1 is 1.33 bits per heavy atom. The summed E-state index contributed by atoms with van der Waals surface area (Å²) >= 11 is 0. The van der Waals surface area contributed by atoms with Gasteiger partial charge in [-0.1, -0.05) is 6.92 Å². The molecule has 7 nitrogen and oxygen atoms in total. The van der Waals surface area contributed by atoms with Gasteiger partial charge < -0.3 is 14.7 Å². The molecule has 0 saturated carbocycles. The Balaban J connectivity index is 2.10. The number of carboxylic acids is 1. The van der Waals surface area contributed by atoms with Gasteiger partial charge in [-0.05, 0) is 37.1 Å². The minimum Gasteiger partial charge on any atom is -0.497 e. The molecule has 0 unspecified atom stereocenters. The van der Waals surface area contributed by atoms with E-state index in [9.17, 15) is 18.0 Å². The Bertz CT molecular complexity index is 713. The average Bonchev–Trinajstić information content (AvgIpc) is 3.03. The quantitative estimate of drug-likeness (QED) is 0.822. The van der Waals surface area contributed by atoms with Crippen LogP contribution in [-0.4, -0.2) is 55.7 Å². The summed E-state index contributed by atoms with van der Waals surface area (Å²) in [5.41, 5.74) is 0. The number of hydrogen-bond acceptors (Lipinski definition) is 5. The van der Waals surface area contributed by atoms with Crippen molar-refractivity contribution in [2.24, 2.45) is 5.92 Å². The van der Waals surface area contributed by atoms with Gasteiger partial charge in [0.1, 0.15) is 11.8 Å². The van der Waals surface area contributed by atoms with Crippen molar-refractivity contribution in [1.29, 1.82) is 0 Å². The second-order valence-corrected chi connectivity index (χ2v) is 7.92. The van der Waals surface area contributed by atoms with Gasteiger partial charge in [-0.3, -0.25) is 4.79 Å². The zero-order valence-electron chi connectivity index (χ0n) is 13.6. The first kappa shape index (κ1) is 18.3. The third-order valence-corrected chi connectivity index (χ3v) is 6.06. The van der Waals surface area contributed by atoms with Crippen molar-refractivity contribution in [1.82, 2.24) is 4.90 Å². The molecule has 2 atom stereocenters. The molecule has 1 heterocycles. The summed E-state index contributed by atoms with van der Waals surface area (Å²) in [5, 5.41) is 9.15. The molecule has 0 spiro atoms. The molecule has 1 aromatic carbocycles. The number of carbonyl (C=O) groups excluding carboxylic acids is 1. The van der Waals surface area contributed by atoms with Crippen molar-refractivity contribution in [3.8, 4) is 5.75 Å². The standard InChI is InChI=1S/C16H21NO6S/c1-11(15(18)17-9-3-4-14(17)16(19)20)10-24(21,22)13-7-5-12(23-2)6-8-13/h5-8,11,14H,3-4,9-10H2,1-2H3,(H,19,20)/t11-,14-/m1/s1. The molecule has 8 heteroatoms. The summed E-state index contributed by atoms with van der Waals surface area (Å²) in [6.07, 6.45) is 1.01. The van der Waals surface area contributed by atoms with Crippen LogP contribution >= 0.6 is 0 Å². The summed E-state index contributed by atoms with van der Waals surface area (Å²) < 4.78 is 29.9. The summed E-state index contributed by atoms with van der Waals surface area (Å²) in [4.78, 5) is 25.0. The molecular formula is C16H21NO6S. The highest BCUT2D eigenvalue weighted by Crippen LogP contribution is 2.23. The van der Waals surface area contributed by atoms with Gasteiger partial charge in [-0.2, -0.15) is 0 Å². The van der Waals surface area contributed by atoms with Crippen molar-refractivity contribution in [2.45, 2.75) is 30.7 Å². The molecule has 0 radical (unpaired) electrons. The Morgan fingerprint density at radius 3 is 2.50 bits per heavy atom. The highest BCUT2D eigenvalue weighted by molar-refractivity contribution is 7.91. The molecule has 1 fully saturated rings. The van der Waals surface area contributed by atoms with Crippen molar-refractivity contribution < 1.29 is 27.9 Å². The summed E-state index contributed by atoms with van der Waals surface area (Å²) in [6.45, 7) is 1.86. The molecule has 1 N–H and O–H groups in total. The van der Waals surface area contributed by atoms with Crippen LogP contribution in [0.2, 0.25) is 0 Å². The Kier molecular flexibility index (Phi) is 5.48. The fourth-order valence-corrected chi connectivity index (χ4v) is 4.39. The zero-order chi connectivity index (χ0) is 17.9. The number of carbonyl (C=O) groups is 2. The second kappa shape index (κ2) is 7.21. The largest absolute Gasteiger partial charge is 0.497 e. The van der Waals surface area contributed by atoms with E-state index in [2.05, 4.69) is 0 Å². The summed E-state index contributed by atoms with van der Waals surface area (Å²) in [5.74, 6) is -2.11. The zero-order valence-corrected chi connectivity index (χ0v) is 14.5. The van der Waals surface area contributed by atoms with E-state index in [1.165, 1.54) is 31.1 Å². The van der Waals surface area contributed by atoms with Crippen LogP contribution in [0.1, 0.15) is 19.8 Å². The summed E-state index contributed by atoms with van der Waals surface area (Å²) in [7, 11) is -2.16. The predicted molar refractivity (Wildman–Crippen MR) is 86.6 cm³/mol. The lowest BCUT2D eigenvalue weighted by atomic mass is 10.1. The highest BCUT2D eigenvalue weighted by atomic mass is 32.2. The third kappa shape index (κ3) is 3.87. The molecule has 1 aliphatic rings. The number of likely N-dealkylation sites (tertiary alicyclic amines) is 1. The maximum atomic E-state index is 12.4. The van der Waals surface area contributed by atoms with Gasteiger partial charge in [0, 0.05) is 12.5 Å². The number of amides is 1. The number of sulfone groups is 1. The first-order valence-electron chi connectivity index (χ1n) is 7.66. The van der Waals surface area contributed by atoms with Crippen molar-refractivity contribution in [3.05, 3.63) is 24.3 Å². The number of carboxylic acid groups (broad SMARTS) is 1. The highest BCUT2D eigenvalue weighted by Gasteiger charge is 2.37. The van der Waals surface area contributed by atoms with Crippen LogP contribution in [0, 0.1) is 5.92 Å². The van der Waals surface area contributed by atoms with E-state index < -0.39 is 33.7 Å². The van der Waals surface area contributed by atoms with Gasteiger partial charge in [-0.25, -0.2) is 13.2 Å². The Hall–Kier alpha value is -2.09. The number of ether oxygens (including phenoxy) is 1. The van der Waals surface area contributed by atoms with Gasteiger partial charge in [0.05, 0.1) is 17.8 Å². The predicted octanol–water partition coefficient (Wildman–Crippen LogP) is 1.18. The van der Waals surface area contributed by atoms with E-state index in [0.717, 1.165) is 0 Å². The van der Waals surface area contributed by atoms with Crippen LogP contribution < -0.4 is 4.74 Å². The first-order valence-corrected chi connectivity index (χ1v) is 9.31. The SMILES string of the molecule is COc1ccc(S(=O)(=O)C[C@@H](C)C(=O)N2CCC[C@@H]2C(=O)O)cc1. The van der Waals surface area contributed by atoms with Gasteiger partial charge >= 0.3 is 5.97 Å². The normalized spacial score (nSPS) is 19.1. The lowest BCUT2D eigenvalue weighted by Gasteiger charge is -2.24. The third-order valence-electron chi connectivity index (χ3n) is 4.13. The molecule has 24 heavy (non-hydrogen) atoms. The number of nitrogens with zero attached hydrogens (tertiary/aromatic N) is 1. The molecule has 2 rings (SSSR count). The van der Waals surface area contributed by atoms with Crippen molar-refractivity contribution >= 4 is 21.7 Å². The van der Waals surface area contributed by atoms with Gasteiger partial charge in [0.25, 0.3) is 0 Å². The van der Waals surface area contributed by atoms with Crippen LogP contribution in [0.4, 0.5) is 0 Å². The smallest absolute Gasteiger partial charge is 0.326 e. The Morgan fingerprint density at radius 2 is 1.96 bits per heavy atom. The Labute approximate surface area is 141 Å². The molecule has 1 amide bonds. The molecule has 1 aromatic rings. The fraction of sp³-hybridized carbons (Fsp3) is 0.500. The van der Waals surface area contributed by atoms with Crippen molar-refractivity contribution in [2.75, 3.05) is 19.4 Å². The van der Waals surface area contributed by atoms with Crippen LogP contribution in [0.15, 0.2) is 29.2 Å². The van der Waals surface area contributed by atoms with Gasteiger partial charge in [0.15, 0.2) is 9.84 Å². The molecular weight excluding hydrogens is 334 g/mol. The molecule has 0 aromatic heterocycles. The number of aliphatic carboxylic acids is 1. The molecule has 0 bridgehead atoms. The number of hydrogen-bond donors (Lipinski definition) is 1. The minimum absolute atomic E-state index is 0.110. The van der Waals surface area contributed by atoms with Crippen LogP contribution in [0.5, 0.6) is 5.75 Å². The van der Waals surface area contributed by atoms with E-state index in [-0.39, 0.29) is 10.6 Å². The van der Waals surface area contributed by atoms with Gasteiger partial charge in [-0.15, -0.1) is 0 Å². The lowest BCUT2D eigenvalue weighted by Crippen LogP contribution is -2.44. The average molecular weight is 355 g/mol. The first-order chi connectivity index (χ1) is 11.3. The second-order valence-electron chi connectivity index (χ2n) is 5.89. The molecule has 1 aliphatic heterocycles. The van der Waals surface area contributed by atoms with Crippen LogP contribution in [-0.2, 0) is 19.4 Å². The number of methoxy groups -OCH3 is 1. The molecule has 1 saturated heterocycles. The number of benzene rings is 1. The van der Waals surface area contributed by atoms with Crippen molar-refractivity contribution in [3.63, 3.8) is 0 Å². The lowest BCUT2D eigenvalue weighted by molar-refractivity contribution is -0.149. The van der Waals surface area contributed by atoms with Gasteiger partial charge in [0.2, 0.25) is 5.91 Å². The van der Waals surface area contributed by atoms with E-state index in [0.29, 0.717) is 25.1 Å². The van der Waals surface area contributed by atoms with E-state index >= 15 is 0 Å². The van der Waals surface area contributed by atoms with Crippen LogP contribution in [0.3, 0.4) is 0 Å². The molecule has 0 aliphatic carbocycles. The number of rotatable bonds is 6. The maximum absolute atomic E-state index is 12.4. The fourth-order valence-electron chi connectivity index (χ4n) is 2.85. The van der Waals surface area contributed by atoms with E-state index in [1.807, 2.05) is 0 Å². The summed E-state index contributed by atoms with van der Waals surface area (Å²) in [6, 6.07) is 5.09. The monoisotopic (exact) mass is 355 g/mol. The van der Waals surface area contributed by atoms with Crippen LogP contribution in [0.25, 0.3) is 0 Å². The van der Waals surface area contributed by atoms with E-state index in [1.54, 1.807) is 12.1 Å². The topological polar surface area (TPSA) is 101 Å². The van der Waals surface area contributed by atoms with E-state index in [4.69, 9.17) is 9.84 Å². The minimum atomic E-state index is -3.65.